The molecule has 1 aromatic rings. The first-order valence-electron chi connectivity index (χ1n) is 6.75. The molecule has 0 unspecified atom stereocenters. The molecule has 1 aliphatic carbocycles. The highest BCUT2D eigenvalue weighted by Gasteiger charge is 2.32. The summed E-state index contributed by atoms with van der Waals surface area (Å²) in [5.41, 5.74) is 1.79. The Bertz CT molecular complexity index is 501. The molecule has 5 nitrogen and oxygen atoms in total. The number of carboxylic acid groups (broad SMARTS) is 1. The van der Waals surface area contributed by atoms with Crippen molar-refractivity contribution in [1.29, 1.82) is 0 Å². The highest BCUT2D eigenvalue weighted by Crippen LogP contribution is 2.35. The van der Waals surface area contributed by atoms with Gasteiger partial charge in [-0.2, -0.15) is 5.10 Å². The lowest BCUT2D eigenvalue weighted by Crippen LogP contribution is -2.29. The summed E-state index contributed by atoms with van der Waals surface area (Å²) in [4.78, 5) is 13.1. The van der Waals surface area contributed by atoms with E-state index in [9.17, 15) is 4.79 Å². The zero-order chi connectivity index (χ0) is 14.0. The fourth-order valence-electron chi connectivity index (χ4n) is 2.44. The van der Waals surface area contributed by atoms with Gasteiger partial charge < -0.3 is 10.0 Å². The predicted octanol–water partition coefficient (Wildman–Crippen LogP) is 2.21. The van der Waals surface area contributed by atoms with Crippen molar-refractivity contribution in [1.82, 2.24) is 9.78 Å². The number of aliphatic carboxylic acids is 1. The van der Waals surface area contributed by atoms with Crippen LogP contribution in [0.4, 0.5) is 5.82 Å². The molecule has 0 spiro atoms. The van der Waals surface area contributed by atoms with Gasteiger partial charge in [0, 0.05) is 31.3 Å². The number of hydrogen-bond acceptors (Lipinski definition) is 3. The minimum absolute atomic E-state index is 0.590. The van der Waals surface area contributed by atoms with Gasteiger partial charge in [0.2, 0.25) is 0 Å². The Morgan fingerprint density at radius 2 is 2.26 bits per heavy atom. The van der Waals surface area contributed by atoms with Crippen molar-refractivity contribution in [3.63, 3.8) is 0 Å². The van der Waals surface area contributed by atoms with E-state index in [-0.39, 0.29) is 0 Å². The molecule has 19 heavy (non-hydrogen) atoms. The minimum Gasteiger partial charge on any atom is -0.478 e. The largest absolute Gasteiger partial charge is 0.478 e. The molecule has 0 amide bonds. The summed E-state index contributed by atoms with van der Waals surface area (Å²) in [6.45, 7) is 5.06. The number of nitrogens with zero attached hydrogens (tertiary/aromatic N) is 3. The van der Waals surface area contributed by atoms with Crippen LogP contribution in [0, 0.1) is 6.92 Å². The lowest BCUT2D eigenvalue weighted by molar-refractivity contribution is -0.131. The standard InChI is InChI=1S/C14H21N3O2/c1-4-9-17(11-5-6-11)14-12(7-8-13(18)19)10(2)15-16(14)3/h7-8,11H,4-6,9H2,1-3H3,(H,18,19)/b8-7+. The third-order valence-corrected chi connectivity index (χ3v) is 3.35. The number of aromatic nitrogens is 2. The van der Waals surface area contributed by atoms with E-state index in [0.29, 0.717) is 6.04 Å². The summed E-state index contributed by atoms with van der Waals surface area (Å²) in [7, 11) is 1.92. The lowest BCUT2D eigenvalue weighted by Gasteiger charge is -2.24. The molecular weight excluding hydrogens is 242 g/mol. The number of anilines is 1. The number of carbonyl (C=O) groups is 1. The average Bonchev–Trinajstić information content (AvgIpc) is 3.11. The van der Waals surface area contributed by atoms with E-state index < -0.39 is 5.97 Å². The van der Waals surface area contributed by atoms with Crippen LogP contribution in [0.5, 0.6) is 0 Å². The zero-order valence-electron chi connectivity index (χ0n) is 11.8. The molecule has 0 saturated heterocycles. The number of carboxylic acids is 1. The van der Waals surface area contributed by atoms with Crippen molar-refractivity contribution in [3.05, 3.63) is 17.3 Å². The highest BCUT2D eigenvalue weighted by atomic mass is 16.4. The van der Waals surface area contributed by atoms with Gasteiger partial charge in [-0.3, -0.25) is 4.68 Å². The van der Waals surface area contributed by atoms with E-state index in [4.69, 9.17) is 5.11 Å². The normalized spacial score (nSPS) is 15.1. The van der Waals surface area contributed by atoms with E-state index in [1.54, 1.807) is 6.08 Å². The van der Waals surface area contributed by atoms with Crippen LogP contribution in [0.1, 0.15) is 37.4 Å². The molecule has 1 aromatic heterocycles. The summed E-state index contributed by atoms with van der Waals surface area (Å²) in [6, 6.07) is 0.590. The van der Waals surface area contributed by atoms with Crippen molar-refractivity contribution in [3.8, 4) is 0 Å². The van der Waals surface area contributed by atoms with E-state index in [1.165, 1.54) is 18.9 Å². The van der Waals surface area contributed by atoms with Gasteiger partial charge in [-0.1, -0.05) is 6.92 Å². The van der Waals surface area contributed by atoms with Crippen molar-refractivity contribution in [2.24, 2.45) is 7.05 Å². The smallest absolute Gasteiger partial charge is 0.328 e. The lowest BCUT2D eigenvalue weighted by atomic mass is 10.2. The maximum atomic E-state index is 10.7. The molecule has 1 fully saturated rings. The number of hydrogen-bond donors (Lipinski definition) is 1. The van der Waals surface area contributed by atoms with Crippen molar-refractivity contribution in [2.45, 2.75) is 39.2 Å². The van der Waals surface area contributed by atoms with Crippen LogP contribution in [-0.4, -0.2) is 33.4 Å². The summed E-state index contributed by atoms with van der Waals surface area (Å²) >= 11 is 0. The summed E-state index contributed by atoms with van der Waals surface area (Å²) < 4.78 is 1.87. The molecule has 5 heteroatoms. The molecular formula is C14H21N3O2. The SMILES string of the molecule is CCCN(c1c(/C=C/C(=O)O)c(C)nn1C)C1CC1. The average molecular weight is 263 g/mol. The molecule has 1 N–H and O–H groups in total. The Morgan fingerprint density at radius 1 is 1.58 bits per heavy atom. The number of rotatable bonds is 6. The second-order valence-electron chi connectivity index (χ2n) is 5.04. The van der Waals surface area contributed by atoms with E-state index in [1.807, 2.05) is 18.7 Å². The van der Waals surface area contributed by atoms with E-state index >= 15 is 0 Å². The van der Waals surface area contributed by atoms with Crippen LogP contribution in [0.15, 0.2) is 6.08 Å². The maximum Gasteiger partial charge on any atom is 0.328 e. The predicted molar refractivity (Wildman–Crippen MR) is 75.3 cm³/mol. The fourth-order valence-corrected chi connectivity index (χ4v) is 2.44. The Kier molecular flexibility index (Phi) is 3.93. The molecule has 0 radical (unpaired) electrons. The monoisotopic (exact) mass is 263 g/mol. The minimum atomic E-state index is -0.928. The molecule has 0 atom stereocenters. The highest BCUT2D eigenvalue weighted by molar-refractivity contribution is 5.87. The molecule has 104 valence electrons. The summed E-state index contributed by atoms with van der Waals surface area (Å²) in [5.74, 6) is 0.113. The molecule has 1 saturated carbocycles. The fraction of sp³-hybridized carbons (Fsp3) is 0.571. The van der Waals surface area contributed by atoms with Crippen molar-refractivity contribution < 1.29 is 9.90 Å². The van der Waals surface area contributed by atoms with Crippen LogP contribution in [0.3, 0.4) is 0 Å². The van der Waals surface area contributed by atoms with Crippen LogP contribution in [0.2, 0.25) is 0 Å². The van der Waals surface area contributed by atoms with Crippen LogP contribution in [0.25, 0.3) is 6.08 Å². The topological polar surface area (TPSA) is 58.4 Å². The zero-order valence-corrected chi connectivity index (χ0v) is 11.8. The maximum absolute atomic E-state index is 10.7. The van der Waals surface area contributed by atoms with Crippen molar-refractivity contribution >= 4 is 17.9 Å². The van der Waals surface area contributed by atoms with Gasteiger partial charge >= 0.3 is 5.97 Å². The molecule has 2 rings (SSSR count). The molecule has 1 heterocycles. The Labute approximate surface area is 113 Å². The molecule has 0 bridgehead atoms. The van der Waals surface area contributed by atoms with Gasteiger partial charge in [0.05, 0.1) is 5.69 Å². The summed E-state index contributed by atoms with van der Waals surface area (Å²) in [6.07, 6.45) is 6.34. The Morgan fingerprint density at radius 3 is 2.79 bits per heavy atom. The number of aryl methyl sites for hydroxylation is 2. The first-order valence-corrected chi connectivity index (χ1v) is 6.75. The first kappa shape index (κ1) is 13.6. The first-order chi connectivity index (χ1) is 9.04. The molecule has 0 aliphatic heterocycles. The van der Waals surface area contributed by atoms with Gasteiger partial charge in [0.15, 0.2) is 0 Å². The van der Waals surface area contributed by atoms with Gasteiger partial charge in [-0.05, 0) is 32.3 Å². The Balaban J connectivity index is 2.39. The Hall–Kier alpha value is -1.78. The second kappa shape index (κ2) is 5.47. The molecule has 0 aromatic carbocycles. The van der Waals surface area contributed by atoms with Gasteiger partial charge in [0.25, 0.3) is 0 Å². The van der Waals surface area contributed by atoms with Crippen molar-refractivity contribution in [2.75, 3.05) is 11.4 Å². The van der Waals surface area contributed by atoms with E-state index in [2.05, 4.69) is 16.9 Å². The molecule has 1 aliphatic rings. The van der Waals surface area contributed by atoms with E-state index in [0.717, 1.165) is 30.0 Å². The quantitative estimate of drug-likeness (QED) is 0.799. The van der Waals surface area contributed by atoms with Crippen LogP contribution < -0.4 is 4.90 Å². The summed E-state index contributed by atoms with van der Waals surface area (Å²) in [5, 5.41) is 13.2. The van der Waals surface area contributed by atoms with Gasteiger partial charge in [-0.15, -0.1) is 0 Å². The van der Waals surface area contributed by atoms with Crippen LogP contribution >= 0.6 is 0 Å². The third-order valence-electron chi connectivity index (χ3n) is 3.35. The third kappa shape index (κ3) is 2.97. The second-order valence-corrected chi connectivity index (χ2v) is 5.04. The van der Waals surface area contributed by atoms with Crippen LogP contribution in [-0.2, 0) is 11.8 Å². The van der Waals surface area contributed by atoms with Gasteiger partial charge in [0.1, 0.15) is 5.82 Å². The van der Waals surface area contributed by atoms with Gasteiger partial charge in [-0.25, -0.2) is 4.79 Å².